The van der Waals surface area contributed by atoms with Gasteiger partial charge in [0.25, 0.3) is 0 Å². The number of methoxy groups -OCH3 is 1. The lowest BCUT2D eigenvalue weighted by molar-refractivity contribution is 0.350. The molecule has 1 saturated carbocycles. The number of hydrogen-bond acceptors (Lipinski definition) is 5. The highest BCUT2D eigenvalue weighted by Crippen LogP contribution is 2.35. The van der Waals surface area contributed by atoms with Gasteiger partial charge in [-0.1, -0.05) is 43.9 Å². The van der Waals surface area contributed by atoms with Gasteiger partial charge in [-0.2, -0.15) is 4.31 Å². The number of nitrogens with zero attached hydrogens (tertiary/aromatic N) is 3. The van der Waals surface area contributed by atoms with Gasteiger partial charge in [0.2, 0.25) is 10.0 Å². The van der Waals surface area contributed by atoms with Gasteiger partial charge < -0.3 is 14.6 Å². The molecule has 0 amide bonds. The molecule has 7 nitrogen and oxygen atoms in total. The first kappa shape index (κ1) is 23.9. The number of aromatic amines is 1. The van der Waals surface area contributed by atoms with Crippen LogP contribution in [0, 0.1) is 5.92 Å². The van der Waals surface area contributed by atoms with Crippen LogP contribution in [-0.4, -0.2) is 42.4 Å². The zero-order valence-corrected chi connectivity index (χ0v) is 21.1. The van der Waals surface area contributed by atoms with Crippen LogP contribution >= 0.6 is 0 Å². The van der Waals surface area contributed by atoms with Crippen molar-refractivity contribution in [1.29, 1.82) is 0 Å². The molecular weight excluding hydrogens is 460 g/mol. The number of benzene rings is 2. The van der Waals surface area contributed by atoms with Crippen LogP contribution < -0.4 is 9.64 Å². The molecule has 2 heterocycles. The van der Waals surface area contributed by atoms with Crippen molar-refractivity contribution in [3.05, 3.63) is 72.3 Å². The third-order valence-corrected chi connectivity index (χ3v) is 9.30. The van der Waals surface area contributed by atoms with E-state index in [-0.39, 0.29) is 6.04 Å². The molecule has 2 aliphatic rings. The molecule has 0 unspecified atom stereocenters. The maximum absolute atomic E-state index is 13.8. The van der Waals surface area contributed by atoms with Crippen molar-refractivity contribution in [2.75, 3.05) is 18.6 Å². The lowest BCUT2D eigenvalue weighted by Crippen LogP contribution is -2.43. The zero-order valence-electron chi connectivity index (χ0n) is 20.3. The fourth-order valence-corrected chi connectivity index (χ4v) is 6.99. The van der Waals surface area contributed by atoms with Gasteiger partial charge in [0.15, 0.2) is 0 Å². The fourth-order valence-electron chi connectivity index (χ4n) is 5.53. The highest BCUT2D eigenvalue weighted by atomic mass is 32.2. The number of sulfonamides is 1. The number of imidazole rings is 1. The predicted octanol–water partition coefficient (Wildman–Crippen LogP) is 4.97. The van der Waals surface area contributed by atoms with Crippen molar-refractivity contribution >= 4 is 15.7 Å². The Balaban J connectivity index is 1.50. The summed E-state index contributed by atoms with van der Waals surface area (Å²) in [6.45, 7) is 1.47. The van der Waals surface area contributed by atoms with E-state index in [0.717, 1.165) is 35.7 Å². The molecule has 186 valence electrons. The molecule has 5 rings (SSSR count). The summed E-state index contributed by atoms with van der Waals surface area (Å²) >= 11 is 0. The molecular formula is C27H34N4O3S. The van der Waals surface area contributed by atoms with Gasteiger partial charge in [-0.05, 0) is 54.7 Å². The minimum absolute atomic E-state index is 0.0653. The second-order valence-electron chi connectivity index (χ2n) is 9.69. The van der Waals surface area contributed by atoms with Crippen LogP contribution in [0.15, 0.2) is 66.0 Å². The third kappa shape index (κ3) is 5.23. The van der Waals surface area contributed by atoms with E-state index >= 15 is 0 Å². The quantitative estimate of drug-likeness (QED) is 0.478. The first-order valence-corrected chi connectivity index (χ1v) is 13.9. The van der Waals surface area contributed by atoms with Crippen LogP contribution in [0.4, 0.5) is 5.69 Å². The number of hydrogen-bond donors (Lipinski definition) is 1. The Hall–Kier alpha value is -2.84. The van der Waals surface area contributed by atoms with Crippen molar-refractivity contribution in [2.24, 2.45) is 5.92 Å². The average Bonchev–Trinajstić information content (AvgIpc) is 3.57. The molecule has 3 aromatic rings. The number of nitrogens with one attached hydrogen (secondary N) is 1. The smallest absolute Gasteiger partial charge is 0.243 e. The molecule has 1 aromatic heterocycles. The zero-order chi connectivity index (χ0) is 24.3. The standard InChI is InChI=1S/C27H34N4O3S/c1-34-25-12-14-26(15-13-25)35(32,33)30-17-22-8-4-5-9-27(22)31(18-23-16-28-20-29-23)24(19-30)11-10-21-6-2-3-7-21/h4-5,8-9,12-16,20-21,24H,2-3,6-7,10-11,17-19H2,1H3,(H,28,29)/t24-/m1/s1. The number of H-pyrrole nitrogens is 1. The number of rotatable bonds is 8. The van der Waals surface area contributed by atoms with E-state index in [2.05, 4.69) is 20.9 Å². The summed E-state index contributed by atoms with van der Waals surface area (Å²) in [5, 5.41) is 0. The van der Waals surface area contributed by atoms with Gasteiger partial charge in [-0.15, -0.1) is 0 Å². The molecule has 1 aliphatic carbocycles. The molecule has 0 radical (unpaired) electrons. The Bertz CT molecular complexity index is 1210. The molecule has 1 aliphatic heterocycles. The van der Waals surface area contributed by atoms with Crippen molar-refractivity contribution in [3.8, 4) is 5.75 Å². The van der Waals surface area contributed by atoms with E-state index in [1.807, 2.05) is 24.4 Å². The minimum atomic E-state index is -3.68. The second kappa shape index (κ2) is 10.4. The van der Waals surface area contributed by atoms with Crippen molar-refractivity contribution < 1.29 is 13.2 Å². The first-order chi connectivity index (χ1) is 17.0. The SMILES string of the molecule is COc1ccc(S(=O)(=O)N2Cc3ccccc3N(Cc3cnc[nH]3)[C@H](CCC3CCCC3)C2)cc1. The van der Waals surface area contributed by atoms with Gasteiger partial charge in [-0.25, -0.2) is 13.4 Å². The Morgan fingerprint density at radius 1 is 1.06 bits per heavy atom. The topological polar surface area (TPSA) is 78.5 Å². The van der Waals surface area contributed by atoms with E-state index in [1.54, 1.807) is 42.0 Å². The summed E-state index contributed by atoms with van der Waals surface area (Å²) in [7, 11) is -2.10. The fraction of sp³-hybridized carbons (Fsp3) is 0.444. The van der Waals surface area contributed by atoms with E-state index in [0.29, 0.717) is 30.3 Å². The Morgan fingerprint density at radius 3 is 2.54 bits per heavy atom. The molecule has 35 heavy (non-hydrogen) atoms. The van der Waals surface area contributed by atoms with E-state index < -0.39 is 10.0 Å². The molecule has 0 bridgehead atoms. The van der Waals surface area contributed by atoms with Gasteiger partial charge in [0, 0.05) is 31.0 Å². The maximum atomic E-state index is 13.8. The van der Waals surface area contributed by atoms with Crippen LogP contribution in [0.3, 0.4) is 0 Å². The van der Waals surface area contributed by atoms with Crippen LogP contribution in [0.25, 0.3) is 0 Å². The average molecular weight is 495 g/mol. The number of fused-ring (bicyclic) bond motifs is 1. The van der Waals surface area contributed by atoms with Crippen molar-refractivity contribution in [2.45, 2.75) is 62.6 Å². The van der Waals surface area contributed by atoms with Gasteiger partial charge in [-0.3, -0.25) is 0 Å². The summed E-state index contributed by atoms with van der Waals surface area (Å²) < 4.78 is 34.6. The summed E-state index contributed by atoms with van der Waals surface area (Å²) in [5.74, 6) is 1.39. The number of para-hydroxylation sites is 1. The lowest BCUT2D eigenvalue weighted by Gasteiger charge is -2.34. The van der Waals surface area contributed by atoms with Gasteiger partial charge in [0.05, 0.1) is 30.6 Å². The molecule has 1 atom stereocenters. The van der Waals surface area contributed by atoms with Crippen LogP contribution in [0.2, 0.25) is 0 Å². The highest BCUT2D eigenvalue weighted by molar-refractivity contribution is 7.89. The van der Waals surface area contributed by atoms with E-state index in [4.69, 9.17) is 4.74 Å². The first-order valence-electron chi connectivity index (χ1n) is 12.5. The molecule has 2 aromatic carbocycles. The van der Waals surface area contributed by atoms with Crippen molar-refractivity contribution in [3.63, 3.8) is 0 Å². The number of ether oxygens (including phenoxy) is 1. The van der Waals surface area contributed by atoms with Gasteiger partial charge in [0.1, 0.15) is 5.75 Å². The van der Waals surface area contributed by atoms with Crippen LogP contribution in [0.1, 0.15) is 49.8 Å². The molecule has 8 heteroatoms. The Morgan fingerprint density at radius 2 is 1.83 bits per heavy atom. The number of anilines is 1. The summed E-state index contributed by atoms with van der Waals surface area (Å²) in [6.07, 6.45) is 10.8. The number of aromatic nitrogens is 2. The normalized spacial score (nSPS) is 19.5. The Kier molecular flexibility index (Phi) is 7.11. The van der Waals surface area contributed by atoms with Gasteiger partial charge >= 0.3 is 0 Å². The van der Waals surface area contributed by atoms with Crippen molar-refractivity contribution in [1.82, 2.24) is 14.3 Å². The van der Waals surface area contributed by atoms with E-state index in [1.165, 1.54) is 25.7 Å². The summed E-state index contributed by atoms with van der Waals surface area (Å²) in [5.41, 5.74) is 3.15. The second-order valence-corrected chi connectivity index (χ2v) is 11.6. The molecule has 0 spiro atoms. The maximum Gasteiger partial charge on any atom is 0.243 e. The lowest BCUT2D eigenvalue weighted by atomic mass is 9.97. The summed E-state index contributed by atoms with van der Waals surface area (Å²) in [6, 6.07) is 15.0. The molecule has 0 saturated heterocycles. The van der Waals surface area contributed by atoms with E-state index in [9.17, 15) is 8.42 Å². The third-order valence-electron chi connectivity index (χ3n) is 7.48. The molecule has 1 N–H and O–H groups in total. The van der Waals surface area contributed by atoms with Crippen LogP contribution in [-0.2, 0) is 23.1 Å². The Labute approximate surface area is 208 Å². The minimum Gasteiger partial charge on any atom is -0.497 e. The van der Waals surface area contributed by atoms with Crippen LogP contribution in [0.5, 0.6) is 5.75 Å². The highest BCUT2D eigenvalue weighted by Gasteiger charge is 2.35. The monoisotopic (exact) mass is 494 g/mol. The summed E-state index contributed by atoms with van der Waals surface area (Å²) in [4.78, 5) is 10.1. The predicted molar refractivity (Wildman–Crippen MR) is 137 cm³/mol. The largest absolute Gasteiger partial charge is 0.497 e. The molecule has 1 fully saturated rings.